The lowest BCUT2D eigenvalue weighted by atomic mass is 9.93. The molecule has 0 fully saturated rings. The molecule has 24 heavy (non-hydrogen) atoms. The summed E-state index contributed by atoms with van der Waals surface area (Å²) in [5, 5.41) is 2.94. The predicted octanol–water partition coefficient (Wildman–Crippen LogP) is 7.18. The number of hydrogen-bond donors (Lipinski definition) is 0. The molecule has 0 aromatic heterocycles. The normalized spacial score (nSPS) is 17.7. The van der Waals surface area contributed by atoms with Crippen molar-refractivity contribution in [3.8, 4) is 11.1 Å². The lowest BCUT2D eigenvalue weighted by molar-refractivity contribution is 1.15. The Morgan fingerprint density at radius 2 is 1.50 bits per heavy atom. The molecule has 0 aliphatic heterocycles. The van der Waals surface area contributed by atoms with Crippen molar-refractivity contribution in [3.63, 3.8) is 0 Å². The maximum absolute atomic E-state index is 6.80. The third-order valence-electron chi connectivity index (χ3n) is 4.85. The minimum Gasteiger partial charge on any atom is -0.158 e. The highest BCUT2D eigenvalue weighted by Crippen LogP contribution is 2.65. The van der Waals surface area contributed by atoms with Crippen molar-refractivity contribution in [2.75, 3.05) is 12.5 Å². The van der Waals surface area contributed by atoms with E-state index in [1.54, 1.807) is 0 Å². The topological polar surface area (TPSA) is 0 Å². The zero-order valence-electron chi connectivity index (χ0n) is 14.2. The molecule has 0 heterocycles. The second-order valence-corrected chi connectivity index (χ2v) is 12.3. The fourth-order valence-electron chi connectivity index (χ4n) is 3.96. The largest absolute Gasteiger partial charge is 0.158 e. The SMILES string of the molecule is CC1=Cc2c(-c3cccc4ccccc34)cccc2C1S(C)(C)Cl. The van der Waals surface area contributed by atoms with E-state index in [-0.39, 0.29) is 0 Å². The fourth-order valence-corrected chi connectivity index (χ4v) is 6.43. The van der Waals surface area contributed by atoms with Crippen LogP contribution in [0.5, 0.6) is 0 Å². The number of hydrogen-bond acceptors (Lipinski definition) is 0. The van der Waals surface area contributed by atoms with Crippen LogP contribution < -0.4 is 0 Å². The Bertz CT molecular complexity index is 958. The van der Waals surface area contributed by atoms with Gasteiger partial charge in [0, 0.05) is 5.25 Å². The molecule has 0 spiro atoms. The first-order valence-corrected chi connectivity index (χ1v) is 11.5. The standard InChI is InChI=1S/C22H21ClS/c1-15-14-21-19(12-7-13-20(21)22(15)24(2,3)23)18-11-6-9-16-8-4-5-10-17(16)18/h4-14,22H,1-3H3. The summed E-state index contributed by atoms with van der Waals surface area (Å²) < 4.78 is 0. The van der Waals surface area contributed by atoms with Crippen LogP contribution in [0.4, 0.5) is 0 Å². The van der Waals surface area contributed by atoms with E-state index in [0.717, 1.165) is 0 Å². The first kappa shape index (κ1) is 15.8. The van der Waals surface area contributed by atoms with Crippen LogP contribution in [0, 0.1) is 0 Å². The second kappa shape index (κ2) is 5.68. The quantitative estimate of drug-likeness (QED) is 0.458. The molecule has 3 aromatic rings. The molecule has 0 radical (unpaired) electrons. The molecule has 1 aliphatic rings. The number of halogens is 1. The maximum atomic E-state index is 6.80. The van der Waals surface area contributed by atoms with Gasteiger partial charge < -0.3 is 0 Å². The average Bonchev–Trinajstić information content (AvgIpc) is 2.90. The number of fused-ring (bicyclic) bond motifs is 2. The number of benzene rings is 3. The van der Waals surface area contributed by atoms with Crippen molar-refractivity contribution in [1.82, 2.24) is 0 Å². The Balaban J connectivity index is 1.98. The molecule has 4 rings (SSSR count). The summed E-state index contributed by atoms with van der Waals surface area (Å²) in [6.45, 7) is 2.22. The smallest absolute Gasteiger partial charge is 0.0474 e. The van der Waals surface area contributed by atoms with E-state index < -0.39 is 9.24 Å². The van der Waals surface area contributed by atoms with Crippen LogP contribution in [0.3, 0.4) is 0 Å². The monoisotopic (exact) mass is 352 g/mol. The summed E-state index contributed by atoms with van der Waals surface area (Å²) in [4.78, 5) is 0. The zero-order valence-corrected chi connectivity index (χ0v) is 15.8. The summed E-state index contributed by atoms with van der Waals surface area (Å²) in [6.07, 6.45) is 6.72. The van der Waals surface area contributed by atoms with Gasteiger partial charge >= 0.3 is 0 Å². The first-order chi connectivity index (χ1) is 11.5. The lowest BCUT2D eigenvalue weighted by Gasteiger charge is -2.32. The second-order valence-electron chi connectivity index (χ2n) is 6.88. The molecule has 0 saturated heterocycles. The van der Waals surface area contributed by atoms with Crippen molar-refractivity contribution in [1.29, 1.82) is 0 Å². The third-order valence-corrected chi connectivity index (χ3v) is 7.13. The molecule has 0 N–H and O–H groups in total. The summed E-state index contributed by atoms with van der Waals surface area (Å²) >= 11 is 0. The van der Waals surface area contributed by atoms with Gasteiger partial charge in [-0.05, 0) is 52.5 Å². The predicted molar refractivity (Wildman–Crippen MR) is 111 cm³/mol. The highest BCUT2D eigenvalue weighted by Gasteiger charge is 2.32. The van der Waals surface area contributed by atoms with Crippen LogP contribution in [0.1, 0.15) is 23.3 Å². The van der Waals surface area contributed by atoms with Gasteiger partial charge in [-0.15, -0.1) is 0 Å². The molecular weight excluding hydrogens is 332 g/mol. The molecule has 3 aromatic carbocycles. The van der Waals surface area contributed by atoms with Crippen molar-refractivity contribution < 1.29 is 0 Å². The zero-order chi connectivity index (χ0) is 16.9. The molecule has 2 heteroatoms. The highest BCUT2D eigenvalue weighted by atomic mass is 35.7. The van der Waals surface area contributed by atoms with Crippen LogP contribution in [0.2, 0.25) is 0 Å². The van der Waals surface area contributed by atoms with E-state index in [4.69, 9.17) is 10.7 Å². The molecule has 0 amide bonds. The molecule has 1 unspecified atom stereocenters. The Labute approximate surface area is 150 Å². The van der Waals surface area contributed by atoms with E-state index in [2.05, 4.69) is 86.2 Å². The van der Waals surface area contributed by atoms with Crippen LogP contribution >= 0.6 is 19.9 Å². The van der Waals surface area contributed by atoms with Crippen molar-refractivity contribution in [2.24, 2.45) is 0 Å². The third kappa shape index (κ3) is 2.47. The van der Waals surface area contributed by atoms with Gasteiger partial charge in [-0.1, -0.05) is 83.0 Å². The van der Waals surface area contributed by atoms with Crippen molar-refractivity contribution in [2.45, 2.75) is 12.2 Å². The van der Waals surface area contributed by atoms with Crippen molar-refractivity contribution >= 4 is 36.8 Å². The van der Waals surface area contributed by atoms with Crippen molar-refractivity contribution in [3.05, 3.63) is 77.4 Å². The van der Waals surface area contributed by atoms with Crippen LogP contribution in [0.15, 0.2) is 66.2 Å². The van der Waals surface area contributed by atoms with Gasteiger partial charge in [0.15, 0.2) is 0 Å². The van der Waals surface area contributed by atoms with E-state index in [1.165, 1.54) is 38.6 Å². The van der Waals surface area contributed by atoms with E-state index in [9.17, 15) is 0 Å². The molecule has 1 atom stereocenters. The molecule has 122 valence electrons. The molecular formula is C22H21ClS. The average molecular weight is 353 g/mol. The minimum absolute atomic E-state index is 0.351. The molecule has 0 saturated carbocycles. The Morgan fingerprint density at radius 1 is 0.833 bits per heavy atom. The molecule has 0 bridgehead atoms. The van der Waals surface area contributed by atoms with E-state index in [0.29, 0.717) is 5.25 Å². The highest BCUT2D eigenvalue weighted by molar-refractivity contribution is 8.50. The summed E-state index contributed by atoms with van der Waals surface area (Å²) in [6, 6.07) is 21.8. The Morgan fingerprint density at radius 3 is 2.29 bits per heavy atom. The van der Waals surface area contributed by atoms with Gasteiger partial charge in [-0.3, -0.25) is 0 Å². The van der Waals surface area contributed by atoms with Gasteiger partial charge in [0.2, 0.25) is 0 Å². The van der Waals surface area contributed by atoms with Gasteiger partial charge in [-0.25, -0.2) is 0 Å². The van der Waals surface area contributed by atoms with Gasteiger partial charge in [0.1, 0.15) is 0 Å². The van der Waals surface area contributed by atoms with Gasteiger partial charge in [0.25, 0.3) is 0 Å². The van der Waals surface area contributed by atoms with Crippen LogP contribution in [0.25, 0.3) is 28.0 Å². The minimum atomic E-state index is -1.20. The lowest BCUT2D eigenvalue weighted by Crippen LogP contribution is -2.03. The summed E-state index contributed by atoms with van der Waals surface area (Å²) in [5.74, 6) is 0. The fraction of sp³-hybridized carbons (Fsp3) is 0.182. The Hall–Kier alpha value is -1.70. The Kier molecular flexibility index (Phi) is 3.74. The summed E-state index contributed by atoms with van der Waals surface area (Å²) in [5.41, 5.74) is 6.72. The number of rotatable bonds is 2. The first-order valence-electron chi connectivity index (χ1n) is 8.18. The van der Waals surface area contributed by atoms with E-state index in [1.807, 2.05) is 0 Å². The van der Waals surface area contributed by atoms with Gasteiger partial charge in [-0.2, -0.15) is 9.24 Å². The molecule has 0 nitrogen and oxygen atoms in total. The summed E-state index contributed by atoms with van der Waals surface area (Å²) in [7, 11) is 5.60. The van der Waals surface area contributed by atoms with Gasteiger partial charge in [0.05, 0.1) is 0 Å². The maximum Gasteiger partial charge on any atom is 0.0474 e. The van der Waals surface area contributed by atoms with E-state index >= 15 is 0 Å². The van der Waals surface area contributed by atoms with Crippen LogP contribution in [-0.2, 0) is 0 Å². The molecule has 1 aliphatic carbocycles. The van der Waals surface area contributed by atoms with Crippen LogP contribution in [-0.4, -0.2) is 12.5 Å².